The molecular formula is C20H27ClN2O5S2. The van der Waals surface area contributed by atoms with E-state index >= 15 is 0 Å². The van der Waals surface area contributed by atoms with Crippen LogP contribution in [0.4, 0.5) is 0 Å². The summed E-state index contributed by atoms with van der Waals surface area (Å²) < 4.78 is 54.8. The van der Waals surface area contributed by atoms with Gasteiger partial charge in [-0.15, -0.1) is 0 Å². The van der Waals surface area contributed by atoms with Crippen LogP contribution in [0.3, 0.4) is 0 Å². The van der Waals surface area contributed by atoms with Gasteiger partial charge in [-0.1, -0.05) is 31.5 Å². The Morgan fingerprint density at radius 1 is 1.07 bits per heavy atom. The molecule has 4 rings (SSSR count). The van der Waals surface area contributed by atoms with Gasteiger partial charge in [0.2, 0.25) is 20.0 Å². The SMILES string of the molecule is CC1(C)C2CCC1(CS(=O)(=O)N1CCN(S(=O)(=O)c3cccc(Cl)c3)CC1)C(=O)C2. The summed E-state index contributed by atoms with van der Waals surface area (Å²) in [4.78, 5) is 12.8. The Balaban J connectivity index is 1.48. The number of fused-ring (bicyclic) bond motifs is 2. The molecule has 1 aliphatic heterocycles. The second kappa shape index (κ2) is 7.27. The fourth-order valence-corrected chi connectivity index (χ4v) is 9.40. The minimum Gasteiger partial charge on any atom is -0.299 e. The van der Waals surface area contributed by atoms with Crippen molar-refractivity contribution in [2.75, 3.05) is 31.9 Å². The van der Waals surface area contributed by atoms with Gasteiger partial charge in [0.15, 0.2) is 0 Å². The summed E-state index contributed by atoms with van der Waals surface area (Å²) in [6, 6.07) is 6.05. The molecule has 3 aliphatic rings. The third kappa shape index (κ3) is 3.33. The highest BCUT2D eigenvalue weighted by molar-refractivity contribution is 7.89. The molecule has 2 atom stereocenters. The van der Waals surface area contributed by atoms with Crippen molar-refractivity contribution in [3.05, 3.63) is 29.3 Å². The van der Waals surface area contributed by atoms with E-state index in [1.807, 2.05) is 13.8 Å². The normalized spacial score (nSPS) is 30.1. The molecule has 2 bridgehead atoms. The molecule has 1 aromatic carbocycles. The lowest BCUT2D eigenvalue weighted by Gasteiger charge is -2.39. The molecule has 0 spiro atoms. The summed E-state index contributed by atoms with van der Waals surface area (Å²) in [5.74, 6) is 0.137. The fourth-order valence-electron chi connectivity index (χ4n) is 5.48. The second-order valence-corrected chi connectivity index (χ2v) is 13.5. The van der Waals surface area contributed by atoms with Gasteiger partial charge in [0.25, 0.3) is 0 Å². The third-order valence-corrected chi connectivity index (χ3v) is 11.7. The number of carbonyl (C=O) groups excluding carboxylic acids is 1. The van der Waals surface area contributed by atoms with Crippen molar-refractivity contribution < 1.29 is 21.6 Å². The molecule has 1 heterocycles. The largest absolute Gasteiger partial charge is 0.299 e. The van der Waals surface area contributed by atoms with Crippen molar-refractivity contribution >= 4 is 37.4 Å². The first kappa shape index (κ1) is 22.2. The van der Waals surface area contributed by atoms with Crippen LogP contribution in [-0.4, -0.2) is 63.2 Å². The Labute approximate surface area is 183 Å². The quantitative estimate of drug-likeness (QED) is 0.653. The van der Waals surface area contributed by atoms with Crippen LogP contribution in [0.25, 0.3) is 0 Å². The average molecular weight is 475 g/mol. The number of rotatable bonds is 5. The number of ketones is 1. The monoisotopic (exact) mass is 474 g/mol. The molecule has 1 aromatic rings. The summed E-state index contributed by atoms with van der Waals surface area (Å²) in [5.41, 5.74) is -1.14. The molecule has 2 aliphatic carbocycles. The molecule has 166 valence electrons. The van der Waals surface area contributed by atoms with Gasteiger partial charge in [0.1, 0.15) is 5.78 Å². The highest BCUT2D eigenvalue weighted by atomic mass is 35.5. The van der Waals surface area contributed by atoms with Crippen LogP contribution in [0.1, 0.15) is 33.1 Å². The number of piperazine rings is 1. The molecule has 0 amide bonds. The molecule has 7 nitrogen and oxygen atoms in total. The maximum absolute atomic E-state index is 13.2. The van der Waals surface area contributed by atoms with Gasteiger partial charge >= 0.3 is 0 Å². The number of carbonyl (C=O) groups is 1. The predicted molar refractivity (Wildman–Crippen MR) is 114 cm³/mol. The number of nitrogens with zero attached hydrogens (tertiary/aromatic N) is 2. The minimum absolute atomic E-state index is 0.0643. The Morgan fingerprint density at radius 3 is 2.23 bits per heavy atom. The van der Waals surface area contributed by atoms with Gasteiger partial charge in [-0.05, 0) is 42.4 Å². The van der Waals surface area contributed by atoms with E-state index in [0.717, 1.165) is 6.42 Å². The standard InChI is InChI=1S/C20H27ClN2O5S2/c1-19(2)15-6-7-20(19,18(24)12-15)14-29(25,26)22-8-10-23(11-9-22)30(27,28)17-5-3-4-16(21)13-17/h3-5,13,15H,6-12,14H2,1-2H3. The molecule has 2 unspecified atom stereocenters. The molecular weight excluding hydrogens is 448 g/mol. The number of sulfonamides is 2. The molecule has 0 aromatic heterocycles. The molecule has 1 saturated heterocycles. The molecule has 0 radical (unpaired) electrons. The van der Waals surface area contributed by atoms with Crippen LogP contribution in [0, 0.1) is 16.7 Å². The van der Waals surface area contributed by atoms with E-state index in [-0.39, 0.29) is 53.9 Å². The van der Waals surface area contributed by atoms with Crippen LogP contribution in [0.2, 0.25) is 5.02 Å². The van der Waals surface area contributed by atoms with Crippen molar-refractivity contribution in [3.8, 4) is 0 Å². The number of benzene rings is 1. The number of hydrogen-bond acceptors (Lipinski definition) is 5. The lowest BCUT2D eigenvalue weighted by Crippen LogP contribution is -2.53. The molecule has 2 saturated carbocycles. The van der Waals surface area contributed by atoms with Crippen molar-refractivity contribution in [2.45, 2.75) is 38.0 Å². The van der Waals surface area contributed by atoms with E-state index in [0.29, 0.717) is 17.9 Å². The zero-order valence-corrected chi connectivity index (χ0v) is 19.6. The first-order chi connectivity index (χ1) is 13.9. The topological polar surface area (TPSA) is 91.8 Å². The van der Waals surface area contributed by atoms with E-state index in [1.54, 1.807) is 12.1 Å². The van der Waals surface area contributed by atoms with E-state index < -0.39 is 25.5 Å². The van der Waals surface area contributed by atoms with Crippen molar-refractivity contribution in [3.63, 3.8) is 0 Å². The van der Waals surface area contributed by atoms with E-state index in [2.05, 4.69) is 0 Å². The van der Waals surface area contributed by atoms with E-state index in [9.17, 15) is 21.6 Å². The molecule has 30 heavy (non-hydrogen) atoms. The van der Waals surface area contributed by atoms with Gasteiger partial charge < -0.3 is 0 Å². The van der Waals surface area contributed by atoms with Gasteiger partial charge in [-0.25, -0.2) is 16.8 Å². The van der Waals surface area contributed by atoms with E-state index in [4.69, 9.17) is 11.6 Å². The highest BCUT2D eigenvalue weighted by Crippen LogP contribution is 2.64. The van der Waals surface area contributed by atoms with Crippen molar-refractivity contribution in [2.24, 2.45) is 16.7 Å². The van der Waals surface area contributed by atoms with Crippen molar-refractivity contribution in [1.29, 1.82) is 0 Å². The Kier molecular flexibility index (Phi) is 5.38. The Hall–Kier alpha value is -1.00. The maximum Gasteiger partial charge on any atom is 0.243 e. The summed E-state index contributed by atoms with van der Waals surface area (Å²) >= 11 is 5.92. The van der Waals surface area contributed by atoms with Crippen LogP contribution in [0.15, 0.2) is 29.2 Å². The number of hydrogen-bond donors (Lipinski definition) is 0. The van der Waals surface area contributed by atoms with Crippen LogP contribution in [0.5, 0.6) is 0 Å². The Bertz CT molecular complexity index is 1080. The minimum atomic E-state index is -3.74. The van der Waals surface area contributed by atoms with Gasteiger partial charge in [0.05, 0.1) is 10.6 Å². The average Bonchev–Trinajstić information content (AvgIpc) is 3.02. The second-order valence-electron chi connectivity index (χ2n) is 9.18. The lowest BCUT2D eigenvalue weighted by atomic mass is 9.70. The summed E-state index contributed by atoms with van der Waals surface area (Å²) in [5, 5.41) is 0.329. The predicted octanol–water partition coefficient (Wildman–Crippen LogP) is 2.37. The van der Waals surface area contributed by atoms with Crippen molar-refractivity contribution in [1.82, 2.24) is 8.61 Å². The summed E-state index contributed by atoms with van der Waals surface area (Å²) in [7, 11) is -7.42. The molecule has 3 fully saturated rings. The number of halogens is 1. The zero-order chi connectivity index (χ0) is 21.9. The highest BCUT2D eigenvalue weighted by Gasteiger charge is 2.65. The van der Waals surface area contributed by atoms with Gasteiger partial charge in [-0.3, -0.25) is 4.79 Å². The molecule has 10 heteroatoms. The maximum atomic E-state index is 13.2. The smallest absolute Gasteiger partial charge is 0.243 e. The van der Waals surface area contributed by atoms with Crippen LogP contribution in [-0.2, 0) is 24.8 Å². The fraction of sp³-hybridized carbons (Fsp3) is 0.650. The summed E-state index contributed by atoms with van der Waals surface area (Å²) in [6.45, 7) is 4.33. The first-order valence-electron chi connectivity index (χ1n) is 10.2. The lowest BCUT2D eigenvalue weighted by molar-refractivity contribution is -0.128. The Morgan fingerprint density at radius 2 is 1.70 bits per heavy atom. The third-order valence-electron chi connectivity index (χ3n) is 7.59. The van der Waals surface area contributed by atoms with Gasteiger partial charge in [0, 0.05) is 43.0 Å². The molecule has 0 N–H and O–H groups in total. The number of Topliss-reactive ketones (excluding diaryl/α,β-unsaturated/α-hetero) is 1. The van der Waals surface area contributed by atoms with Gasteiger partial charge in [-0.2, -0.15) is 8.61 Å². The van der Waals surface area contributed by atoms with Crippen LogP contribution < -0.4 is 0 Å². The summed E-state index contributed by atoms with van der Waals surface area (Å²) in [6.07, 6.45) is 1.97. The zero-order valence-electron chi connectivity index (χ0n) is 17.2. The first-order valence-corrected chi connectivity index (χ1v) is 13.6. The van der Waals surface area contributed by atoms with Crippen LogP contribution >= 0.6 is 11.6 Å². The van der Waals surface area contributed by atoms with E-state index in [1.165, 1.54) is 20.7 Å².